The summed E-state index contributed by atoms with van der Waals surface area (Å²) in [6.07, 6.45) is 3.35. The normalized spacial score (nSPS) is 17.2. The van der Waals surface area contributed by atoms with Gasteiger partial charge in [-0.2, -0.15) is 0 Å². The molecule has 1 unspecified atom stereocenters. The topological polar surface area (TPSA) is 34.1 Å². The molecule has 106 valence electrons. The van der Waals surface area contributed by atoms with Crippen molar-refractivity contribution in [1.82, 2.24) is 10.3 Å². The SMILES string of the molecule is COc1ccc2c(c1)C(NCCc1nc(C)cs1)CC2. The Hall–Kier alpha value is -1.39. The number of nitrogens with zero attached hydrogens (tertiary/aromatic N) is 1. The van der Waals surface area contributed by atoms with E-state index in [1.165, 1.54) is 22.6 Å². The Morgan fingerprint density at radius 3 is 3.10 bits per heavy atom. The largest absolute Gasteiger partial charge is 0.497 e. The molecule has 0 aliphatic heterocycles. The molecule has 0 spiro atoms. The van der Waals surface area contributed by atoms with E-state index in [-0.39, 0.29) is 0 Å². The lowest BCUT2D eigenvalue weighted by Gasteiger charge is -2.14. The molecule has 0 saturated heterocycles. The quantitative estimate of drug-likeness (QED) is 0.917. The van der Waals surface area contributed by atoms with Gasteiger partial charge in [0.25, 0.3) is 0 Å². The maximum atomic E-state index is 5.33. The van der Waals surface area contributed by atoms with Gasteiger partial charge in [0.15, 0.2) is 0 Å². The molecular formula is C16H20N2OS. The van der Waals surface area contributed by atoms with Gasteiger partial charge < -0.3 is 10.1 Å². The Kier molecular flexibility index (Phi) is 4.03. The van der Waals surface area contributed by atoms with Crippen LogP contribution in [0.4, 0.5) is 0 Å². The molecule has 1 heterocycles. The van der Waals surface area contributed by atoms with Crippen molar-refractivity contribution in [2.45, 2.75) is 32.2 Å². The van der Waals surface area contributed by atoms with Gasteiger partial charge in [-0.3, -0.25) is 0 Å². The molecule has 2 aromatic rings. The highest BCUT2D eigenvalue weighted by molar-refractivity contribution is 7.09. The monoisotopic (exact) mass is 288 g/mol. The number of benzene rings is 1. The summed E-state index contributed by atoms with van der Waals surface area (Å²) in [5, 5.41) is 7.00. The minimum absolute atomic E-state index is 0.459. The molecule has 1 aliphatic rings. The third kappa shape index (κ3) is 2.86. The average molecular weight is 288 g/mol. The number of rotatable bonds is 5. The summed E-state index contributed by atoms with van der Waals surface area (Å²) >= 11 is 1.75. The van der Waals surface area contributed by atoms with E-state index in [0.29, 0.717) is 6.04 Å². The van der Waals surface area contributed by atoms with Gasteiger partial charge in [0.1, 0.15) is 5.75 Å². The molecular weight excluding hydrogens is 268 g/mol. The first-order chi connectivity index (χ1) is 9.76. The van der Waals surface area contributed by atoms with Crippen LogP contribution in [0.3, 0.4) is 0 Å². The predicted octanol–water partition coefficient (Wildman–Crippen LogP) is 3.28. The van der Waals surface area contributed by atoms with E-state index in [4.69, 9.17) is 4.74 Å². The Bertz CT molecular complexity index is 594. The third-order valence-electron chi connectivity index (χ3n) is 3.83. The number of nitrogens with one attached hydrogen (secondary N) is 1. The Morgan fingerprint density at radius 2 is 2.35 bits per heavy atom. The molecule has 0 saturated carbocycles. The molecule has 0 radical (unpaired) electrons. The maximum Gasteiger partial charge on any atom is 0.119 e. The second-order valence-electron chi connectivity index (χ2n) is 5.24. The van der Waals surface area contributed by atoms with E-state index in [2.05, 4.69) is 33.9 Å². The Morgan fingerprint density at radius 1 is 1.45 bits per heavy atom. The van der Waals surface area contributed by atoms with E-state index >= 15 is 0 Å². The van der Waals surface area contributed by atoms with Crippen molar-refractivity contribution in [2.24, 2.45) is 0 Å². The van der Waals surface area contributed by atoms with Crippen LogP contribution in [0.15, 0.2) is 23.6 Å². The lowest BCUT2D eigenvalue weighted by atomic mass is 10.1. The number of fused-ring (bicyclic) bond motifs is 1. The Balaban J connectivity index is 1.60. The number of ether oxygens (including phenoxy) is 1. The number of hydrogen-bond acceptors (Lipinski definition) is 4. The number of hydrogen-bond donors (Lipinski definition) is 1. The van der Waals surface area contributed by atoms with Gasteiger partial charge in [0, 0.05) is 30.1 Å². The molecule has 0 fully saturated rings. The second-order valence-corrected chi connectivity index (χ2v) is 6.19. The number of methoxy groups -OCH3 is 1. The molecule has 1 atom stereocenters. The summed E-state index contributed by atoms with van der Waals surface area (Å²) in [4.78, 5) is 4.51. The van der Waals surface area contributed by atoms with Crippen LogP contribution >= 0.6 is 11.3 Å². The lowest BCUT2D eigenvalue weighted by molar-refractivity contribution is 0.413. The van der Waals surface area contributed by atoms with Crippen molar-refractivity contribution >= 4 is 11.3 Å². The first kappa shape index (κ1) is 13.6. The minimum atomic E-state index is 0.459. The second kappa shape index (κ2) is 5.94. The van der Waals surface area contributed by atoms with Crippen LogP contribution in [0.25, 0.3) is 0 Å². The summed E-state index contributed by atoms with van der Waals surface area (Å²) in [7, 11) is 1.73. The highest BCUT2D eigenvalue weighted by Gasteiger charge is 2.22. The minimum Gasteiger partial charge on any atom is -0.497 e. The molecule has 0 amide bonds. The summed E-state index contributed by atoms with van der Waals surface area (Å²) in [6.45, 7) is 3.03. The van der Waals surface area contributed by atoms with Crippen LogP contribution in [0.1, 0.15) is 34.3 Å². The number of aromatic nitrogens is 1. The summed E-state index contributed by atoms with van der Waals surface area (Å²) in [6, 6.07) is 6.88. The first-order valence-corrected chi connectivity index (χ1v) is 7.95. The van der Waals surface area contributed by atoms with E-state index in [1.54, 1.807) is 18.4 Å². The van der Waals surface area contributed by atoms with Gasteiger partial charge >= 0.3 is 0 Å². The van der Waals surface area contributed by atoms with E-state index < -0.39 is 0 Å². The molecule has 1 aromatic carbocycles. The van der Waals surface area contributed by atoms with Crippen molar-refractivity contribution in [3.63, 3.8) is 0 Å². The highest BCUT2D eigenvalue weighted by Crippen LogP contribution is 2.33. The fraction of sp³-hybridized carbons (Fsp3) is 0.438. The number of thiazole rings is 1. The van der Waals surface area contributed by atoms with Crippen LogP contribution in [0.2, 0.25) is 0 Å². The zero-order chi connectivity index (χ0) is 13.9. The van der Waals surface area contributed by atoms with Crippen molar-refractivity contribution < 1.29 is 4.74 Å². The molecule has 4 heteroatoms. The van der Waals surface area contributed by atoms with Crippen molar-refractivity contribution in [3.8, 4) is 5.75 Å². The molecule has 0 bridgehead atoms. The smallest absolute Gasteiger partial charge is 0.119 e. The molecule has 3 rings (SSSR count). The van der Waals surface area contributed by atoms with E-state index in [0.717, 1.165) is 30.8 Å². The summed E-state index contributed by atoms with van der Waals surface area (Å²) < 4.78 is 5.33. The third-order valence-corrected chi connectivity index (χ3v) is 4.85. The van der Waals surface area contributed by atoms with Crippen molar-refractivity contribution in [1.29, 1.82) is 0 Å². The van der Waals surface area contributed by atoms with Crippen LogP contribution in [-0.4, -0.2) is 18.6 Å². The number of aryl methyl sites for hydroxylation is 2. The van der Waals surface area contributed by atoms with Gasteiger partial charge in [-0.05, 0) is 43.0 Å². The van der Waals surface area contributed by atoms with Gasteiger partial charge in [-0.25, -0.2) is 4.98 Å². The van der Waals surface area contributed by atoms with Crippen LogP contribution in [-0.2, 0) is 12.8 Å². The fourth-order valence-electron chi connectivity index (χ4n) is 2.79. The molecule has 1 N–H and O–H groups in total. The van der Waals surface area contributed by atoms with Crippen molar-refractivity contribution in [2.75, 3.05) is 13.7 Å². The van der Waals surface area contributed by atoms with E-state index in [1.807, 2.05) is 6.92 Å². The zero-order valence-electron chi connectivity index (χ0n) is 12.0. The molecule has 1 aliphatic carbocycles. The Labute approximate surface area is 124 Å². The van der Waals surface area contributed by atoms with Gasteiger partial charge in [0.2, 0.25) is 0 Å². The lowest BCUT2D eigenvalue weighted by Crippen LogP contribution is -2.21. The maximum absolute atomic E-state index is 5.33. The highest BCUT2D eigenvalue weighted by atomic mass is 32.1. The van der Waals surface area contributed by atoms with E-state index in [9.17, 15) is 0 Å². The van der Waals surface area contributed by atoms with Crippen LogP contribution < -0.4 is 10.1 Å². The van der Waals surface area contributed by atoms with Crippen LogP contribution in [0.5, 0.6) is 5.75 Å². The van der Waals surface area contributed by atoms with Crippen molar-refractivity contribution in [3.05, 3.63) is 45.4 Å². The zero-order valence-corrected chi connectivity index (χ0v) is 12.8. The fourth-order valence-corrected chi connectivity index (χ4v) is 3.57. The standard InChI is InChI=1S/C16H20N2OS/c1-11-10-20-16(18-11)7-8-17-15-6-4-12-3-5-13(19-2)9-14(12)15/h3,5,9-10,15,17H,4,6-8H2,1-2H3. The molecule has 3 nitrogen and oxygen atoms in total. The summed E-state index contributed by atoms with van der Waals surface area (Å²) in [5.41, 5.74) is 3.98. The molecule has 20 heavy (non-hydrogen) atoms. The van der Waals surface area contributed by atoms with Gasteiger partial charge in [-0.1, -0.05) is 6.07 Å². The predicted molar refractivity (Wildman–Crippen MR) is 82.6 cm³/mol. The van der Waals surface area contributed by atoms with Gasteiger partial charge in [0.05, 0.1) is 12.1 Å². The first-order valence-electron chi connectivity index (χ1n) is 7.07. The van der Waals surface area contributed by atoms with Crippen LogP contribution in [0, 0.1) is 6.92 Å². The average Bonchev–Trinajstić information content (AvgIpc) is 3.05. The van der Waals surface area contributed by atoms with Gasteiger partial charge in [-0.15, -0.1) is 11.3 Å². The molecule has 1 aromatic heterocycles. The summed E-state index contributed by atoms with van der Waals surface area (Å²) in [5.74, 6) is 0.952.